The van der Waals surface area contributed by atoms with Crippen LogP contribution in [-0.4, -0.2) is 23.6 Å². The Morgan fingerprint density at radius 1 is 0.714 bits per heavy atom. The summed E-state index contributed by atoms with van der Waals surface area (Å²) in [6, 6.07) is 44.8. The van der Waals surface area contributed by atoms with Gasteiger partial charge in [-0.3, -0.25) is 4.79 Å². The minimum absolute atomic E-state index is 0.0331. The van der Waals surface area contributed by atoms with Crippen LogP contribution in [0.1, 0.15) is 110 Å². The van der Waals surface area contributed by atoms with Gasteiger partial charge < -0.3 is 18.6 Å². The zero-order chi connectivity index (χ0) is 43.5. The molecule has 63 heavy (non-hydrogen) atoms. The molecule has 10 rings (SSSR count). The molecule has 6 aromatic rings. The molecule has 0 spiro atoms. The molecule has 0 fully saturated rings. The first kappa shape index (κ1) is 41.9. The molecule has 0 amide bonds. The van der Waals surface area contributed by atoms with Crippen LogP contribution in [0.3, 0.4) is 0 Å². The number of rotatable bonds is 7. The van der Waals surface area contributed by atoms with Crippen LogP contribution >= 0.6 is 0 Å². The lowest BCUT2D eigenvalue weighted by atomic mass is 9.72. The predicted molar refractivity (Wildman–Crippen MR) is 246 cm³/mol. The molecule has 2 bridgehead atoms. The highest BCUT2D eigenvalue weighted by atomic mass is 16.6. The summed E-state index contributed by atoms with van der Waals surface area (Å²) in [5, 5.41) is 0.640. The number of ether oxygens (including phenoxy) is 3. The first-order chi connectivity index (χ1) is 30.6. The van der Waals surface area contributed by atoms with Gasteiger partial charge in [-0.15, -0.1) is 0 Å². The van der Waals surface area contributed by atoms with E-state index in [-0.39, 0.29) is 29.8 Å². The second kappa shape index (κ2) is 18.1. The Kier molecular flexibility index (Phi) is 12.0. The van der Waals surface area contributed by atoms with Gasteiger partial charge in [-0.05, 0) is 123 Å². The molecule has 6 atom stereocenters. The maximum absolute atomic E-state index is 14.9. The number of carbonyl (C=O) groups is 2. The summed E-state index contributed by atoms with van der Waals surface area (Å²) in [7, 11) is 0. The Balaban J connectivity index is 1.11. The van der Waals surface area contributed by atoms with Crippen LogP contribution in [0.25, 0.3) is 11.0 Å². The van der Waals surface area contributed by atoms with Gasteiger partial charge >= 0.3 is 17.6 Å². The highest BCUT2D eigenvalue weighted by molar-refractivity contribution is 5.90. The molecule has 4 heterocycles. The Labute approximate surface area is 369 Å². The number of hydrogen-bond acceptors (Lipinski definition) is 7. The van der Waals surface area contributed by atoms with Crippen molar-refractivity contribution >= 4 is 22.9 Å². The van der Waals surface area contributed by atoms with Gasteiger partial charge in [0.25, 0.3) is 0 Å². The zero-order valence-corrected chi connectivity index (χ0v) is 36.3. The number of hydrogen-bond donors (Lipinski definition) is 0. The van der Waals surface area contributed by atoms with Gasteiger partial charge in [0, 0.05) is 35.3 Å². The number of fused-ring (bicyclic) bond motifs is 11. The molecule has 3 aliphatic heterocycles. The molecule has 320 valence electrons. The highest BCUT2D eigenvalue weighted by Crippen LogP contribution is 2.49. The van der Waals surface area contributed by atoms with Crippen molar-refractivity contribution in [3.8, 4) is 5.75 Å². The maximum atomic E-state index is 14.9. The predicted octanol–water partition coefficient (Wildman–Crippen LogP) is 11.9. The van der Waals surface area contributed by atoms with E-state index in [1.54, 1.807) is 6.07 Å². The second-order valence-corrected chi connectivity index (χ2v) is 18.0. The van der Waals surface area contributed by atoms with Crippen LogP contribution in [0.5, 0.6) is 5.75 Å². The quantitative estimate of drug-likeness (QED) is 0.0684. The average molecular weight is 839 g/mol. The fourth-order valence-electron chi connectivity index (χ4n) is 9.95. The van der Waals surface area contributed by atoms with Crippen molar-refractivity contribution in [2.75, 3.05) is 0 Å². The van der Waals surface area contributed by atoms with Crippen molar-refractivity contribution in [3.05, 3.63) is 206 Å². The molecular weight excluding hydrogens is 785 g/mol. The van der Waals surface area contributed by atoms with Gasteiger partial charge in [0.2, 0.25) is 0 Å². The standard InChI is InChI=1S/C56H54O7/c1-36(2)46-27-21-38-19-22-41(23-20-38)47-28-24-44(43-18-10-16-40(33-43)32-39-14-8-5-9-15-39)34-45(47)35-50(58)61-53-51-48(29-25-42-26-30-49(57)60-52(42)51)63-56(3,54(53)62-55(46)59)31-11-17-37-12-6-4-7-13-37/h4-10,12-16,18-20,22-26,28-30,33,44-45,47,53-54H,11,17,21,27,31-32,34-35H2,1-3H3/t44-,45-,47+,53-,54+,56+/m1/s1. The summed E-state index contributed by atoms with van der Waals surface area (Å²) in [4.78, 5) is 42.3. The maximum Gasteiger partial charge on any atom is 0.336 e. The van der Waals surface area contributed by atoms with E-state index in [1.807, 2.05) is 57.2 Å². The monoisotopic (exact) mass is 838 g/mol. The number of aryl methyl sites for hydroxylation is 2. The van der Waals surface area contributed by atoms with Gasteiger partial charge in [0.05, 0.1) is 5.56 Å². The van der Waals surface area contributed by atoms with Crippen LogP contribution in [0.2, 0.25) is 0 Å². The second-order valence-electron chi connectivity index (χ2n) is 18.0. The van der Waals surface area contributed by atoms with Crippen LogP contribution in [0.15, 0.2) is 166 Å². The third-order valence-electron chi connectivity index (χ3n) is 13.3. The Morgan fingerprint density at radius 2 is 1.44 bits per heavy atom. The average Bonchev–Trinajstić information content (AvgIpc) is 3.28. The van der Waals surface area contributed by atoms with E-state index < -0.39 is 35.4 Å². The van der Waals surface area contributed by atoms with E-state index in [9.17, 15) is 14.4 Å². The van der Waals surface area contributed by atoms with Crippen molar-refractivity contribution in [2.24, 2.45) is 5.92 Å². The smallest absolute Gasteiger partial charge is 0.336 e. The SMILES string of the molecule is CC(C)=C1CCc2ccc(cc2)[C@@H]2C=C[C@@H](c3cccc(Cc4ccccc4)c3)C[C@@H]2CC(=O)O[C@@H]2c3c(ccc4ccc(=O)oc34)O[C@@](C)(CCCc3ccccc3)[C@H]2OC1=O. The number of esters is 2. The molecule has 7 heteroatoms. The molecule has 4 aliphatic rings. The van der Waals surface area contributed by atoms with Crippen molar-refractivity contribution < 1.29 is 28.2 Å². The van der Waals surface area contributed by atoms with E-state index in [4.69, 9.17) is 18.6 Å². The molecule has 7 nitrogen and oxygen atoms in total. The number of carbonyl (C=O) groups excluding carboxylic acids is 2. The van der Waals surface area contributed by atoms with Crippen LogP contribution in [0, 0.1) is 5.92 Å². The number of allylic oxidation sites excluding steroid dienone is 3. The normalized spacial score (nSPS) is 23.5. The molecule has 0 N–H and O–H groups in total. The summed E-state index contributed by atoms with van der Waals surface area (Å²) in [6.45, 7) is 5.78. The van der Waals surface area contributed by atoms with E-state index >= 15 is 0 Å². The summed E-state index contributed by atoms with van der Waals surface area (Å²) in [5.41, 5.74) is 7.51. The largest absolute Gasteiger partial charge is 0.483 e. The molecule has 0 unspecified atom stereocenters. The van der Waals surface area contributed by atoms with Crippen molar-refractivity contribution in [2.45, 2.75) is 102 Å². The molecule has 0 saturated carbocycles. The molecule has 1 aromatic heterocycles. The van der Waals surface area contributed by atoms with E-state index in [0.717, 1.165) is 36.0 Å². The fraction of sp³-hybridized carbons (Fsp3) is 0.304. The van der Waals surface area contributed by atoms with Crippen molar-refractivity contribution in [1.82, 2.24) is 0 Å². The fourth-order valence-corrected chi connectivity index (χ4v) is 9.95. The summed E-state index contributed by atoms with van der Waals surface area (Å²) < 4.78 is 26.2. The lowest BCUT2D eigenvalue weighted by Gasteiger charge is -2.45. The first-order valence-corrected chi connectivity index (χ1v) is 22.4. The van der Waals surface area contributed by atoms with Gasteiger partial charge in [-0.25, -0.2) is 9.59 Å². The number of benzene rings is 5. The van der Waals surface area contributed by atoms with Crippen LogP contribution in [-0.2, 0) is 38.3 Å². The molecular formula is C56H54O7. The Hall–Kier alpha value is -6.47. The van der Waals surface area contributed by atoms with Crippen molar-refractivity contribution in [3.63, 3.8) is 0 Å². The third kappa shape index (κ3) is 9.20. The Morgan fingerprint density at radius 3 is 2.21 bits per heavy atom. The topological polar surface area (TPSA) is 92.0 Å². The van der Waals surface area contributed by atoms with Gasteiger partial charge in [0.1, 0.15) is 16.9 Å². The van der Waals surface area contributed by atoms with Crippen molar-refractivity contribution in [1.29, 1.82) is 0 Å². The summed E-state index contributed by atoms with van der Waals surface area (Å²) in [5.74, 6) is -0.537. The summed E-state index contributed by atoms with van der Waals surface area (Å²) >= 11 is 0. The highest BCUT2D eigenvalue weighted by Gasteiger charge is 2.53. The van der Waals surface area contributed by atoms with E-state index in [2.05, 4.69) is 97.1 Å². The lowest BCUT2D eigenvalue weighted by molar-refractivity contribution is -0.192. The third-order valence-corrected chi connectivity index (χ3v) is 13.3. The van der Waals surface area contributed by atoms with Gasteiger partial charge in [-0.2, -0.15) is 0 Å². The van der Waals surface area contributed by atoms with Crippen LogP contribution < -0.4 is 10.4 Å². The van der Waals surface area contributed by atoms with Gasteiger partial charge in [0.15, 0.2) is 12.2 Å². The molecule has 0 saturated heterocycles. The minimum Gasteiger partial charge on any atom is -0.483 e. The zero-order valence-electron chi connectivity index (χ0n) is 36.3. The molecule has 0 radical (unpaired) electrons. The first-order valence-electron chi connectivity index (χ1n) is 22.4. The summed E-state index contributed by atoms with van der Waals surface area (Å²) in [6.07, 6.45) is 7.14. The van der Waals surface area contributed by atoms with E-state index in [1.165, 1.54) is 28.3 Å². The molecule has 1 aliphatic carbocycles. The lowest BCUT2D eigenvalue weighted by Crippen LogP contribution is -2.54. The van der Waals surface area contributed by atoms with E-state index in [0.29, 0.717) is 48.0 Å². The molecule has 5 aromatic carbocycles. The van der Waals surface area contributed by atoms with Crippen LogP contribution in [0.4, 0.5) is 0 Å². The minimum atomic E-state index is -1.13. The Bertz CT molecular complexity index is 2730. The van der Waals surface area contributed by atoms with Gasteiger partial charge in [-0.1, -0.05) is 127 Å².